The zero-order valence-electron chi connectivity index (χ0n) is 7.68. The van der Waals surface area contributed by atoms with Crippen molar-refractivity contribution in [1.29, 1.82) is 0 Å². The summed E-state index contributed by atoms with van der Waals surface area (Å²) in [6.07, 6.45) is 1.39. The minimum absolute atomic E-state index is 0.537. The maximum absolute atomic E-state index is 10.7. The number of rotatable bonds is 2. The smallest absolute Gasteiger partial charge is 0.328 e. The summed E-state index contributed by atoms with van der Waals surface area (Å²) in [5.41, 5.74) is 1.95. The number of nitrogens with zero attached hydrogens (tertiary/aromatic N) is 1. The topological polar surface area (TPSA) is 49.7 Å². The molecule has 1 atom stereocenters. The Morgan fingerprint density at radius 2 is 2.07 bits per heavy atom. The summed E-state index contributed by atoms with van der Waals surface area (Å²) in [7, 11) is 0. The van der Waals surface area contributed by atoms with Gasteiger partial charge in [-0.2, -0.15) is 0 Å². The molecule has 0 amide bonds. The molecule has 1 aliphatic rings. The summed E-state index contributed by atoms with van der Waals surface area (Å²) in [5, 5.41) is 8.77. The van der Waals surface area contributed by atoms with Gasteiger partial charge in [0.15, 0.2) is 0 Å². The average molecular weight is 189 g/mol. The van der Waals surface area contributed by atoms with Gasteiger partial charge in [0.25, 0.3) is 0 Å². The van der Waals surface area contributed by atoms with Gasteiger partial charge in [-0.1, -0.05) is 30.3 Å². The van der Waals surface area contributed by atoms with E-state index in [1.165, 1.54) is 0 Å². The summed E-state index contributed by atoms with van der Waals surface area (Å²) in [5.74, 6) is -0.823. The van der Waals surface area contributed by atoms with Gasteiger partial charge in [0.1, 0.15) is 6.04 Å². The Balaban J connectivity index is 2.22. The Morgan fingerprint density at radius 3 is 2.64 bits per heavy atom. The van der Waals surface area contributed by atoms with Crippen LogP contribution in [0.15, 0.2) is 35.3 Å². The van der Waals surface area contributed by atoms with E-state index in [9.17, 15) is 4.79 Å². The van der Waals surface area contributed by atoms with Crippen molar-refractivity contribution < 1.29 is 9.90 Å². The fraction of sp³-hybridized carbons (Fsp3) is 0.273. The third-order valence-electron chi connectivity index (χ3n) is 2.36. The molecule has 0 bridgehead atoms. The monoisotopic (exact) mass is 189 g/mol. The van der Waals surface area contributed by atoms with Gasteiger partial charge in [-0.05, 0) is 18.4 Å². The molecule has 3 nitrogen and oxygen atoms in total. The molecule has 72 valence electrons. The second-order valence-corrected chi connectivity index (χ2v) is 3.33. The maximum Gasteiger partial charge on any atom is 0.328 e. The molecular weight excluding hydrogens is 178 g/mol. The molecule has 0 spiro atoms. The molecule has 3 heteroatoms. The Morgan fingerprint density at radius 1 is 1.36 bits per heavy atom. The normalized spacial score (nSPS) is 20.6. The highest BCUT2D eigenvalue weighted by molar-refractivity contribution is 6.03. The fourth-order valence-electron chi connectivity index (χ4n) is 1.62. The van der Waals surface area contributed by atoms with Gasteiger partial charge in [-0.25, -0.2) is 4.79 Å². The first-order valence-electron chi connectivity index (χ1n) is 4.62. The van der Waals surface area contributed by atoms with E-state index >= 15 is 0 Å². The van der Waals surface area contributed by atoms with Crippen molar-refractivity contribution in [2.45, 2.75) is 18.9 Å². The summed E-state index contributed by atoms with van der Waals surface area (Å²) in [4.78, 5) is 14.8. The number of carboxylic acid groups (broad SMARTS) is 1. The van der Waals surface area contributed by atoms with E-state index in [2.05, 4.69) is 4.99 Å². The third-order valence-corrected chi connectivity index (χ3v) is 2.36. The lowest BCUT2D eigenvalue weighted by Crippen LogP contribution is -2.13. The van der Waals surface area contributed by atoms with E-state index in [0.29, 0.717) is 6.42 Å². The lowest BCUT2D eigenvalue weighted by molar-refractivity contribution is -0.138. The zero-order valence-corrected chi connectivity index (χ0v) is 7.68. The van der Waals surface area contributed by atoms with Gasteiger partial charge in [-0.15, -0.1) is 0 Å². The maximum atomic E-state index is 10.7. The van der Waals surface area contributed by atoms with Crippen molar-refractivity contribution in [3.63, 3.8) is 0 Å². The predicted octanol–water partition coefficient (Wildman–Crippen LogP) is 1.72. The molecule has 0 radical (unpaired) electrons. The Hall–Kier alpha value is -1.64. The molecule has 1 heterocycles. The third kappa shape index (κ3) is 1.66. The number of hydrogen-bond acceptors (Lipinski definition) is 2. The zero-order chi connectivity index (χ0) is 9.97. The van der Waals surface area contributed by atoms with Crippen LogP contribution >= 0.6 is 0 Å². The van der Waals surface area contributed by atoms with E-state index < -0.39 is 12.0 Å². The summed E-state index contributed by atoms with van der Waals surface area (Å²) in [6, 6.07) is 9.20. The number of carboxylic acids is 1. The van der Waals surface area contributed by atoms with Gasteiger partial charge in [0.05, 0.1) is 0 Å². The molecule has 1 aliphatic heterocycles. The summed E-state index contributed by atoms with van der Waals surface area (Å²) in [6.45, 7) is 0. The largest absolute Gasteiger partial charge is 0.480 e. The van der Waals surface area contributed by atoms with Crippen LogP contribution in [0.2, 0.25) is 0 Å². The molecular formula is C11H11NO2. The molecule has 1 unspecified atom stereocenters. The van der Waals surface area contributed by atoms with Gasteiger partial charge in [0, 0.05) is 5.71 Å². The molecule has 0 aliphatic carbocycles. The van der Waals surface area contributed by atoms with E-state index in [4.69, 9.17) is 5.11 Å². The minimum atomic E-state index is -0.823. The molecule has 0 saturated carbocycles. The van der Waals surface area contributed by atoms with Crippen LogP contribution in [-0.2, 0) is 4.79 Å². The first-order chi connectivity index (χ1) is 6.77. The molecule has 14 heavy (non-hydrogen) atoms. The van der Waals surface area contributed by atoms with E-state index in [-0.39, 0.29) is 0 Å². The molecule has 2 rings (SSSR count). The van der Waals surface area contributed by atoms with Crippen LogP contribution in [0, 0.1) is 0 Å². The number of benzene rings is 1. The fourth-order valence-corrected chi connectivity index (χ4v) is 1.62. The summed E-state index contributed by atoms with van der Waals surface area (Å²) >= 11 is 0. The van der Waals surface area contributed by atoms with E-state index in [1.54, 1.807) is 0 Å². The van der Waals surface area contributed by atoms with Crippen molar-refractivity contribution in [3.8, 4) is 0 Å². The number of hydrogen-bond donors (Lipinski definition) is 1. The highest BCUT2D eigenvalue weighted by Gasteiger charge is 2.23. The van der Waals surface area contributed by atoms with Crippen LogP contribution in [0.25, 0.3) is 0 Å². The Bertz CT molecular complexity index is 370. The molecule has 0 saturated heterocycles. The quantitative estimate of drug-likeness (QED) is 0.770. The van der Waals surface area contributed by atoms with Gasteiger partial charge in [0.2, 0.25) is 0 Å². The highest BCUT2D eigenvalue weighted by atomic mass is 16.4. The van der Waals surface area contributed by atoms with Crippen molar-refractivity contribution in [2.24, 2.45) is 4.99 Å². The number of aliphatic imine (C=N–C) groups is 1. The predicted molar refractivity (Wildman–Crippen MR) is 53.6 cm³/mol. The van der Waals surface area contributed by atoms with Crippen LogP contribution < -0.4 is 0 Å². The van der Waals surface area contributed by atoms with E-state index in [1.807, 2.05) is 30.3 Å². The standard InChI is InChI=1S/C11H11NO2/c13-11(14)10-7-6-9(12-10)8-4-2-1-3-5-8/h1-5,10H,6-7H2,(H,13,14). The minimum Gasteiger partial charge on any atom is -0.480 e. The molecule has 1 aromatic rings. The Kier molecular flexibility index (Phi) is 2.31. The van der Waals surface area contributed by atoms with Crippen molar-refractivity contribution in [2.75, 3.05) is 0 Å². The summed E-state index contributed by atoms with van der Waals surface area (Å²) < 4.78 is 0. The second-order valence-electron chi connectivity index (χ2n) is 3.33. The van der Waals surface area contributed by atoms with Crippen LogP contribution in [0.5, 0.6) is 0 Å². The molecule has 1 aromatic carbocycles. The van der Waals surface area contributed by atoms with E-state index in [0.717, 1.165) is 17.7 Å². The van der Waals surface area contributed by atoms with Gasteiger partial charge < -0.3 is 5.11 Å². The van der Waals surface area contributed by atoms with Crippen LogP contribution in [0.4, 0.5) is 0 Å². The first kappa shape index (κ1) is 8.94. The van der Waals surface area contributed by atoms with Gasteiger partial charge >= 0.3 is 5.97 Å². The molecule has 0 aromatic heterocycles. The lowest BCUT2D eigenvalue weighted by atomic mass is 10.1. The average Bonchev–Trinajstić information content (AvgIpc) is 2.68. The SMILES string of the molecule is O=C(O)C1CCC(c2ccccc2)=N1. The Labute approximate surface area is 82.1 Å². The highest BCUT2D eigenvalue weighted by Crippen LogP contribution is 2.18. The first-order valence-corrected chi connectivity index (χ1v) is 4.62. The number of carbonyl (C=O) groups is 1. The van der Waals surface area contributed by atoms with Crippen LogP contribution in [0.3, 0.4) is 0 Å². The number of aliphatic carboxylic acids is 1. The van der Waals surface area contributed by atoms with Gasteiger partial charge in [-0.3, -0.25) is 4.99 Å². The van der Waals surface area contributed by atoms with Crippen molar-refractivity contribution in [1.82, 2.24) is 0 Å². The second kappa shape index (κ2) is 3.62. The van der Waals surface area contributed by atoms with Crippen molar-refractivity contribution >= 4 is 11.7 Å². The molecule has 1 N–H and O–H groups in total. The van der Waals surface area contributed by atoms with Crippen LogP contribution in [-0.4, -0.2) is 22.8 Å². The molecule has 0 fully saturated rings. The van der Waals surface area contributed by atoms with Crippen molar-refractivity contribution in [3.05, 3.63) is 35.9 Å². The lowest BCUT2D eigenvalue weighted by Gasteiger charge is -1.97. The van der Waals surface area contributed by atoms with Crippen LogP contribution in [0.1, 0.15) is 18.4 Å².